The minimum atomic E-state index is -4.77. The molecule has 0 unspecified atom stereocenters. The van der Waals surface area contributed by atoms with Crippen molar-refractivity contribution in [3.63, 3.8) is 0 Å². The summed E-state index contributed by atoms with van der Waals surface area (Å²) in [7, 11) is 1.15. The molecule has 0 aliphatic rings. The van der Waals surface area contributed by atoms with Crippen LogP contribution in [-0.4, -0.2) is 34.2 Å². The molecule has 7 nitrogen and oxygen atoms in total. The molecule has 0 spiro atoms. The second-order valence-corrected chi connectivity index (χ2v) is 5.61. The van der Waals surface area contributed by atoms with E-state index in [-0.39, 0.29) is 23.9 Å². The third-order valence-electron chi connectivity index (χ3n) is 3.61. The van der Waals surface area contributed by atoms with Crippen LogP contribution in [0.5, 0.6) is 11.8 Å². The van der Waals surface area contributed by atoms with Crippen molar-refractivity contribution >= 4 is 5.97 Å². The van der Waals surface area contributed by atoms with E-state index in [0.29, 0.717) is 11.3 Å². The molecular weight excluding hydrogens is 398 g/mol. The lowest BCUT2D eigenvalue weighted by Crippen LogP contribution is -2.17. The van der Waals surface area contributed by atoms with Crippen molar-refractivity contribution in [3.05, 3.63) is 65.7 Å². The summed E-state index contributed by atoms with van der Waals surface area (Å²) in [6, 6.07) is 8.86. The summed E-state index contributed by atoms with van der Waals surface area (Å²) in [5, 5.41) is 4.03. The van der Waals surface area contributed by atoms with Gasteiger partial charge in [-0.1, -0.05) is 6.07 Å². The van der Waals surface area contributed by atoms with Gasteiger partial charge in [-0.2, -0.15) is 4.98 Å². The van der Waals surface area contributed by atoms with Crippen molar-refractivity contribution in [2.24, 2.45) is 0 Å². The number of carbonyl (C=O) groups excluding carboxylic acids is 1. The summed E-state index contributed by atoms with van der Waals surface area (Å²) < 4.78 is 65.4. The zero-order chi connectivity index (χ0) is 21.0. The van der Waals surface area contributed by atoms with Crippen molar-refractivity contribution in [1.82, 2.24) is 14.8 Å². The summed E-state index contributed by atoms with van der Waals surface area (Å²) in [4.78, 5) is 15.3. The Bertz CT molecular complexity index is 1000. The fourth-order valence-electron chi connectivity index (χ4n) is 2.31. The molecule has 0 aliphatic heterocycles. The molecular formula is C18H13F4N3O4. The van der Waals surface area contributed by atoms with E-state index in [0.717, 1.165) is 25.3 Å². The second-order valence-electron chi connectivity index (χ2n) is 5.61. The van der Waals surface area contributed by atoms with Crippen LogP contribution in [0.1, 0.15) is 15.9 Å². The second kappa shape index (κ2) is 8.17. The van der Waals surface area contributed by atoms with E-state index in [4.69, 9.17) is 4.74 Å². The van der Waals surface area contributed by atoms with E-state index in [1.807, 2.05) is 0 Å². The van der Waals surface area contributed by atoms with Crippen molar-refractivity contribution in [3.8, 4) is 17.4 Å². The molecule has 152 valence electrons. The molecule has 0 radical (unpaired) electrons. The molecule has 0 saturated heterocycles. The van der Waals surface area contributed by atoms with Gasteiger partial charge in [-0.15, -0.1) is 18.3 Å². The first-order chi connectivity index (χ1) is 13.7. The van der Waals surface area contributed by atoms with E-state index < -0.39 is 18.1 Å². The van der Waals surface area contributed by atoms with Gasteiger partial charge < -0.3 is 14.2 Å². The number of esters is 1. The summed E-state index contributed by atoms with van der Waals surface area (Å²) in [5.41, 5.74) is 0.659. The minimum Gasteiger partial charge on any atom is -0.465 e. The van der Waals surface area contributed by atoms with Crippen LogP contribution in [0.25, 0.3) is 5.69 Å². The standard InChI is InChI=1S/C18H13F4N3O4/c1-27-16(26)14-7-2-11(8-15(14)19)9-28-17-23-10-25(24-17)12-3-5-13(6-4-12)29-18(20,21)22/h2-8,10H,9H2,1H3. The molecule has 11 heteroatoms. The Balaban J connectivity index is 1.63. The van der Waals surface area contributed by atoms with E-state index in [1.54, 1.807) is 0 Å². The van der Waals surface area contributed by atoms with Gasteiger partial charge in [-0.25, -0.2) is 13.9 Å². The van der Waals surface area contributed by atoms with Gasteiger partial charge in [-0.05, 0) is 42.0 Å². The fourth-order valence-corrected chi connectivity index (χ4v) is 2.31. The maximum Gasteiger partial charge on any atom is 0.573 e. The maximum atomic E-state index is 13.9. The topological polar surface area (TPSA) is 75.5 Å². The maximum absolute atomic E-state index is 13.9. The Kier molecular flexibility index (Phi) is 5.66. The lowest BCUT2D eigenvalue weighted by molar-refractivity contribution is -0.274. The Morgan fingerprint density at radius 1 is 1.14 bits per heavy atom. The average molecular weight is 411 g/mol. The molecule has 3 aromatic rings. The average Bonchev–Trinajstić information content (AvgIpc) is 3.14. The van der Waals surface area contributed by atoms with Crippen LogP contribution < -0.4 is 9.47 Å². The number of carbonyl (C=O) groups is 1. The summed E-state index contributed by atoms with van der Waals surface area (Å²) in [6.45, 7) is -0.0687. The molecule has 0 saturated carbocycles. The van der Waals surface area contributed by atoms with Crippen molar-refractivity contribution in [2.75, 3.05) is 7.11 Å². The Morgan fingerprint density at radius 3 is 2.48 bits per heavy atom. The summed E-state index contributed by atoms with van der Waals surface area (Å²) in [5.74, 6) is -1.91. The number of nitrogens with zero attached hydrogens (tertiary/aromatic N) is 3. The number of ether oxygens (including phenoxy) is 3. The molecule has 1 heterocycles. The van der Waals surface area contributed by atoms with Crippen LogP contribution in [-0.2, 0) is 11.3 Å². The number of hydrogen-bond acceptors (Lipinski definition) is 6. The molecule has 2 aromatic carbocycles. The monoisotopic (exact) mass is 411 g/mol. The smallest absolute Gasteiger partial charge is 0.465 e. The van der Waals surface area contributed by atoms with Gasteiger partial charge in [0.1, 0.15) is 24.5 Å². The van der Waals surface area contributed by atoms with Crippen molar-refractivity contribution in [2.45, 2.75) is 13.0 Å². The number of halogens is 4. The highest BCUT2D eigenvalue weighted by Crippen LogP contribution is 2.23. The van der Waals surface area contributed by atoms with Crippen LogP contribution in [0.15, 0.2) is 48.8 Å². The SMILES string of the molecule is COC(=O)c1ccc(COc2ncn(-c3ccc(OC(F)(F)F)cc3)n2)cc1F. The zero-order valence-electron chi connectivity index (χ0n) is 14.8. The van der Waals surface area contributed by atoms with E-state index >= 15 is 0 Å². The number of rotatable bonds is 6. The molecule has 0 atom stereocenters. The van der Waals surface area contributed by atoms with Crippen LogP contribution in [0.4, 0.5) is 17.6 Å². The predicted molar refractivity (Wildman–Crippen MR) is 90.1 cm³/mol. The summed E-state index contributed by atoms with van der Waals surface area (Å²) >= 11 is 0. The highest BCUT2D eigenvalue weighted by molar-refractivity contribution is 5.89. The van der Waals surface area contributed by atoms with Gasteiger partial charge in [0.25, 0.3) is 0 Å². The first-order valence-electron chi connectivity index (χ1n) is 8.02. The van der Waals surface area contributed by atoms with Crippen molar-refractivity contribution in [1.29, 1.82) is 0 Å². The molecule has 29 heavy (non-hydrogen) atoms. The zero-order valence-corrected chi connectivity index (χ0v) is 14.8. The van der Waals surface area contributed by atoms with E-state index in [1.165, 1.54) is 35.3 Å². The fraction of sp³-hybridized carbons (Fsp3) is 0.167. The Labute approximate surface area is 161 Å². The number of aromatic nitrogens is 3. The number of methoxy groups -OCH3 is 1. The van der Waals surface area contributed by atoms with Crippen LogP contribution in [0.3, 0.4) is 0 Å². The van der Waals surface area contributed by atoms with E-state index in [2.05, 4.69) is 19.6 Å². The lowest BCUT2D eigenvalue weighted by Gasteiger charge is -2.09. The quantitative estimate of drug-likeness (QED) is 0.455. The van der Waals surface area contributed by atoms with Gasteiger partial charge in [0, 0.05) is 0 Å². The minimum absolute atomic E-state index is 0.0296. The number of hydrogen-bond donors (Lipinski definition) is 0. The largest absolute Gasteiger partial charge is 0.573 e. The third kappa shape index (κ3) is 5.21. The summed E-state index contributed by atoms with van der Waals surface area (Å²) in [6.07, 6.45) is -3.47. The molecule has 0 fully saturated rings. The molecule has 0 N–H and O–H groups in total. The molecule has 0 bridgehead atoms. The van der Waals surface area contributed by atoms with Gasteiger partial charge >= 0.3 is 18.3 Å². The first-order valence-corrected chi connectivity index (χ1v) is 8.02. The molecule has 0 amide bonds. The Morgan fingerprint density at radius 2 is 1.86 bits per heavy atom. The molecule has 1 aromatic heterocycles. The van der Waals surface area contributed by atoms with E-state index in [9.17, 15) is 22.4 Å². The van der Waals surface area contributed by atoms with Gasteiger partial charge in [0.15, 0.2) is 0 Å². The van der Waals surface area contributed by atoms with Gasteiger partial charge in [0.05, 0.1) is 18.4 Å². The Hall–Kier alpha value is -3.63. The molecule has 3 rings (SSSR count). The normalized spacial score (nSPS) is 11.2. The van der Waals surface area contributed by atoms with Gasteiger partial charge in [-0.3, -0.25) is 0 Å². The number of alkyl halides is 3. The highest BCUT2D eigenvalue weighted by Gasteiger charge is 2.31. The highest BCUT2D eigenvalue weighted by atomic mass is 19.4. The number of benzene rings is 2. The van der Waals surface area contributed by atoms with Crippen LogP contribution in [0, 0.1) is 5.82 Å². The van der Waals surface area contributed by atoms with Crippen LogP contribution in [0.2, 0.25) is 0 Å². The van der Waals surface area contributed by atoms with Crippen molar-refractivity contribution < 1.29 is 36.6 Å². The predicted octanol–water partition coefficient (Wildman–Crippen LogP) is 3.67. The first kappa shape index (κ1) is 20.1. The van der Waals surface area contributed by atoms with Crippen LogP contribution >= 0.6 is 0 Å². The molecule has 0 aliphatic carbocycles. The third-order valence-corrected chi connectivity index (χ3v) is 3.61. The van der Waals surface area contributed by atoms with Gasteiger partial charge in [0.2, 0.25) is 0 Å². The lowest BCUT2D eigenvalue weighted by atomic mass is 10.1.